The molecular weight excluding hydrogens is 521 g/mol. The Morgan fingerprint density at radius 2 is 1.69 bits per heavy atom. The van der Waals surface area contributed by atoms with E-state index in [-0.39, 0.29) is 12.5 Å². The largest absolute Gasteiger partial charge is 0.350 e. The Hall–Kier alpha value is -2.29. The minimum atomic E-state index is -3.81. The molecule has 2 rings (SSSR count). The van der Waals surface area contributed by atoms with Gasteiger partial charge in [0.2, 0.25) is 21.8 Å². The molecule has 0 unspecified atom stereocenters. The fraction of sp³-hybridized carbons (Fsp3) is 0.462. The van der Waals surface area contributed by atoms with Crippen molar-refractivity contribution in [1.29, 1.82) is 0 Å². The second-order valence-electron chi connectivity index (χ2n) is 9.98. The minimum Gasteiger partial charge on any atom is -0.350 e. The van der Waals surface area contributed by atoms with Crippen LogP contribution in [0.25, 0.3) is 0 Å². The van der Waals surface area contributed by atoms with Crippen molar-refractivity contribution in [2.75, 3.05) is 17.1 Å². The van der Waals surface area contributed by atoms with E-state index in [0.29, 0.717) is 27.7 Å². The number of benzene rings is 2. The molecular formula is C26H35Cl2N3O4S. The van der Waals surface area contributed by atoms with Crippen LogP contribution in [0, 0.1) is 13.8 Å². The van der Waals surface area contributed by atoms with Gasteiger partial charge < -0.3 is 10.2 Å². The molecule has 0 saturated carbocycles. The Morgan fingerprint density at radius 3 is 2.19 bits per heavy atom. The molecule has 2 amide bonds. The van der Waals surface area contributed by atoms with Crippen molar-refractivity contribution in [3.63, 3.8) is 0 Å². The zero-order valence-corrected chi connectivity index (χ0v) is 24.2. The monoisotopic (exact) mass is 555 g/mol. The van der Waals surface area contributed by atoms with Crippen LogP contribution in [0.2, 0.25) is 10.0 Å². The Morgan fingerprint density at radius 1 is 1.06 bits per heavy atom. The maximum Gasteiger partial charge on any atom is 0.244 e. The van der Waals surface area contributed by atoms with E-state index in [0.717, 1.165) is 21.7 Å². The maximum absolute atomic E-state index is 13.8. The summed E-state index contributed by atoms with van der Waals surface area (Å²) in [5.74, 6) is -0.858. The highest BCUT2D eigenvalue weighted by Gasteiger charge is 2.33. The first-order chi connectivity index (χ1) is 16.5. The molecule has 198 valence electrons. The van der Waals surface area contributed by atoms with Gasteiger partial charge in [-0.3, -0.25) is 13.9 Å². The third kappa shape index (κ3) is 8.11. The number of hydrogen-bond donors (Lipinski definition) is 1. The van der Waals surface area contributed by atoms with Crippen molar-refractivity contribution < 1.29 is 18.0 Å². The third-order valence-electron chi connectivity index (χ3n) is 5.54. The lowest BCUT2D eigenvalue weighted by molar-refractivity contribution is -0.141. The molecule has 10 heteroatoms. The zero-order valence-electron chi connectivity index (χ0n) is 21.9. The molecule has 36 heavy (non-hydrogen) atoms. The Labute approximate surface area is 224 Å². The van der Waals surface area contributed by atoms with Gasteiger partial charge in [0.25, 0.3) is 0 Å². The number of anilines is 1. The van der Waals surface area contributed by atoms with Crippen LogP contribution in [0.15, 0.2) is 36.4 Å². The highest BCUT2D eigenvalue weighted by atomic mass is 35.5. The number of sulfonamides is 1. The average molecular weight is 557 g/mol. The number of nitrogens with one attached hydrogen (secondary N) is 1. The van der Waals surface area contributed by atoms with E-state index in [1.54, 1.807) is 44.2 Å². The topological polar surface area (TPSA) is 86.8 Å². The fourth-order valence-corrected chi connectivity index (χ4v) is 5.26. The quantitative estimate of drug-likeness (QED) is 0.466. The van der Waals surface area contributed by atoms with Gasteiger partial charge in [0, 0.05) is 22.1 Å². The van der Waals surface area contributed by atoms with Crippen LogP contribution >= 0.6 is 23.2 Å². The SMILES string of the molecule is CC[C@@H](C(=O)NC(C)(C)C)N(Cc1ccc(Cl)cc1Cl)C(=O)CN(c1ccc(C)cc1C)S(C)(=O)=O. The molecule has 1 atom stereocenters. The van der Waals surface area contributed by atoms with Crippen molar-refractivity contribution in [1.82, 2.24) is 10.2 Å². The lowest BCUT2D eigenvalue weighted by Crippen LogP contribution is -2.55. The van der Waals surface area contributed by atoms with Crippen molar-refractivity contribution in [3.8, 4) is 0 Å². The smallest absolute Gasteiger partial charge is 0.244 e. The van der Waals surface area contributed by atoms with E-state index in [4.69, 9.17) is 23.2 Å². The first kappa shape index (κ1) is 29.9. The van der Waals surface area contributed by atoms with Crippen LogP contribution in [0.5, 0.6) is 0 Å². The fourth-order valence-electron chi connectivity index (χ4n) is 3.89. The van der Waals surface area contributed by atoms with Gasteiger partial charge in [0.1, 0.15) is 12.6 Å². The Kier molecular flexibility index (Phi) is 9.84. The number of carbonyl (C=O) groups excluding carboxylic acids is 2. The van der Waals surface area contributed by atoms with E-state index in [1.807, 2.05) is 33.8 Å². The first-order valence-electron chi connectivity index (χ1n) is 11.6. The van der Waals surface area contributed by atoms with Crippen molar-refractivity contribution >= 4 is 50.7 Å². The number of amides is 2. The molecule has 0 heterocycles. The maximum atomic E-state index is 13.8. The lowest BCUT2D eigenvalue weighted by atomic mass is 10.1. The van der Waals surface area contributed by atoms with Gasteiger partial charge in [-0.25, -0.2) is 8.42 Å². The molecule has 0 fully saturated rings. The second kappa shape index (κ2) is 11.8. The van der Waals surface area contributed by atoms with Crippen molar-refractivity contribution in [3.05, 3.63) is 63.1 Å². The second-order valence-corrected chi connectivity index (χ2v) is 12.7. The van der Waals surface area contributed by atoms with E-state index in [2.05, 4.69) is 5.32 Å². The Bertz CT molecular complexity index is 1230. The predicted molar refractivity (Wildman–Crippen MR) is 147 cm³/mol. The van der Waals surface area contributed by atoms with Gasteiger partial charge in [0.15, 0.2) is 0 Å². The van der Waals surface area contributed by atoms with Gasteiger partial charge >= 0.3 is 0 Å². The summed E-state index contributed by atoms with van der Waals surface area (Å²) in [5.41, 5.74) is 2.18. The van der Waals surface area contributed by atoms with Crippen molar-refractivity contribution in [2.45, 2.75) is 66.1 Å². The van der Waals surface area contributed by atoms with Crippen LogP contribution in [-0.4, -0.2) is 49.5 Å². The summed E-state index contributed by atoms with van der Waals surface area (Å²) in [6, 6.07) is 9.40. The first-order valence-corrected chi connectivity index (χ1v) is 14.2. The summed E-state index contributed by atoms with van der Waals surface area (Å²) in [6.45, 7) is 10.6. The molecule has 2 aromatic rings. The highest BCUT2D eigenvalue weighted by molar-refractivity contribution is 7.92. The summed E-state index contributed by atoms with van der Waals surface area (Å²) in [5, 5.41) is 3.72. The van der Waals surface area contributed by atoms with Crippen LogP contribution in [-0.2, 0) is 26.2 Å². The third-order valence-corrected chi connectivity index (χ3v) is 7.25. The molecule has 2 aromatic carbocycles. The Balaban J connectivity index is 2.53. The normalized spacial score (nSPS) is 12.7. The van der Waals surface area contributed by atoms with E-state index in [1.165, 1.54) is 4.90 Å². The summed E-state index contributed by atoms with van der Waals surface area (Å²) < 4.78 is 26.6. The summed E-state index contributed by atoms with van der Waals surface area (Å²) in [6.07, 6.45) is 1.38. The zero-order chi connectivity index (χ0) is 27.4. The molecule has 7 nitrogen and oxygen atoms in total. The summed E-state index contributed by atoms with van der Waals surface area (Å²) in [7, 11) is -3.81. The molecule has 0 aliphatic rings. The number of nitrogens with zero attached hydrogens (tertiary/aromatic N) is 2. The van der Waals surface area contributed by atoms with Crippen LogP contribution in [0.3, 0.4) is 0 Å². The van der Waals surface area contributed by atoms with E-state index < -0.39 is 34.1 Å². The van der Waals surface area contributed by atoms with Crippen molar-refractivity contribution in [2.24, 2.45) is 0 Å². The van der Waals surface area contributed by atoms with Gasteiger partial charge in [-0.15, -0.1) is 0 Å². The number of rotatable bonds is 9. The van der Waals surface area contributed by atoms with Gasteiger partial charge in [0.05, 0.1) is 11.9 Å². The highest BCUT2D eigenvalue weighted by Crippen LogP contribution is 2.26. The van der Waals surface area contributed by atoms with Gasteiger partial charge in [-0.2, -0.15) is 0 Å². The summed E-state index contributed by atoms with van der Waals surface area (Å²) >= 11 is 12.4. The lowest BCUT2D eigenvalue weighted by Gasteiger charge is -2.35. The molecule has 1 N–H and O–H groups in total. The van der Waals surface area contributed by atoms with Gasteiger partial charge in [-0.05, 0) is 70.4 Å². The van der Waals surface area contributed by atoms with E-state index >= 15 is 0 Å². The minimum absolute atomic E-state index is 0.00931. The molecule has 0 spiro atoms. The van der Waals surface area contributed by atoms with E-state index in [9.17, 15) is 18.0 Å². The van der Waals surface area contributed by atoms with Crippen LogP contribution in [0.4, 0.5) is 5.69 Å². The number of carbonyl (C=O) groups is 2. The predicted octanol–water partition coefficient (Wildman–Crippen LogP) is 5.10. The molecule has 0 saturated heterocycles. The number of halogens is 2. The average Bonchev–Trinajstić information content (AvgIpc) is 2.71. The summed E-state index contributed by atoms with van der Waals surface area (Å²) in [4.78, 5) is 28.4. The molecule has 0 aromatic heterocycles. The number of aryl methyl sites for hydroxylation is 2. The van der Waals surface area contributed by atoms with Crippen LogP contribution in [0.1, 0.15) is 50.8 Å². The van der Waals surface area contributed by atoms with Crippen LogP contribution < -0.4 is 9.62 Å². The number of hydrogen-bond acceptors (Lipinski definition) is 4. The van der Waals surface area contributed by atoms with Gasteiger partial charge in [-0.1, -0.05) is 53.9 Å². The molecule has 0 aliphatic carbocycles. The standard InChI is InChI=1S/C26H35Cl2N3O4S/c1-8-22(25(33)29-26(4,5)6)30(15-19-10-11-20(27)14-21(19)28)24(32)16-31(36(7,34)35)23-12-9-17(2)13-18(23)3/h9-14,22H,8,15-16H2,1-7H3,(H,29,33)/t22-/m0/s1. The molecule has 0 bridgehead atoms. The molecule has 0 aliphatic heterocycles. The molecule has 0 radical (unpaired) electrons.